The highest BCUT2D eigenvalue weighted by atomic mass is 16.3. The van der Waals surface area contributed by atoms with Crippen molar-refractivity contribution < 1.29 is 15.0 Å². The lowest BCUT2D eigenvalue weighted by molar-refractivity contribution is -0.114. The van der Waals surface area contributed by atoms with Crippen LogP contribution in [0.4, 0.5) is 11.4 Å². The number of rotatable bonds is 6. The van der Waals surface area contributed by atoms with Crippen molar-refractivity contribution in [2.75, 3.05) is 23.3 Å². The van der Waals surface area contributed by atoms with E-state index >= 15 is 0 Å². The van der Waals surface area contributed by atoms with Crippen LogP contribution in [-0.4, -0.2) is 33.8 Å². The van der Waals surface area contributed by atoms with E-state index in [9.17, 15) is 15.0 Å². The van der Waals surface area contributed by atoms with Crippen LogP contribution in [0.5, 0.6) is 11.8 Å². The number of aromatic nitrogens is 1. The van der Waals surface area contributed by atoms with E-state index in [1.807, 2.05) is 32.0 Å². The Hall–Kier alpha value is -2.63. The molecule has 0 unspecified atom stereocenters. The summed E-state index contributed by atoms with van der Waals surface area (Å²) >= 11 is 0. The van der Waals surface area contributed by atoms with E-state index in [2.05, 4.69) is 10.2 Å². The predicted octanol–water partition coefficient (Wildman–Crippen LogP) is 2.69. The van der Waals surface area contributed by atoms with E-state index in [1.165, 1.54) is 23.6 Å². The van der Waals surface area contributed by atoms with Crippen LogP contribution in [0, 0.1) is 6.92 Å². The predicted molar refractivity (Wildman–Crippen MR) is 91.1 cm³/mol. The van der Waals surface area contributed by atoms with Crippen LogP contribution < -0.4 is 10.2 Å². The van der Waals surface area contributed by atoms with Crippen LogP contribution in [0.15, 0.2) is 30.3 Å². The summed E-state index contributed by atoms with van der Waals surface area (Å²) in [6.45, 7) is 7.32. The number of hydrogen-bond acceptors (Lipinski definition) is 4. The van der Waals surface area contributed by atoms with Crippen molar-refractivity contribution >= 4 is 17.3 Å². The zero-order chi connectivity index (χ0) is 17.0. The molecule has 1 amide bonds. The minimum atomic E-state index is -0.101. The van der Waals surface area contributed by atoms with Gasteiger partial charge in [0.05, 0.1) is 0 Å². The molecule has 0 aliphatic heterocycles. The molecule has 0 aliphatic carbocycles. The fourth-order valence-electron chi connectivity index (χ4n) is 2.50. The minimum absolute atomic E-state index is 0.0430. The molecule has 1 heterocycles. The third-order valence-corrected chi connectivity index (χ3v) is 3.81. The van der Waals surface area contributed by atoms with Crippen LogP contribution in [0.1, 0.15) is 19.4 Å². The number of aromatic hydroxyl groups is 2. The number of carbonyl (C=O) groups is 1. The molecule has 0 atom stereocenters. The molecule has 2 rings (SSSR count). The summed E-state index contributed by atoms with van der Waals surface area (Å²) in [6, 6.07) is 8.84. The molecule has 0 bridgehead atoms. The molecular weight excluding hydrogens is 294 g/mol. The fourth-order valence-corrected chi connectivity index (χ4v) is 2.50. The number of likely N-dealkylation sites (N-methyl/N-ethyl adjacent to an activating group) is 1. The number of nitrogens with zero attached hydrogens (tertiary/aromatic N) is 2. The van der Waals surface area contributed by atoms with Gasteiger partial charge in [-0.3, -0.25) is 9.36 Å². The maximum absolute atomic E-state index is 11.3. The van der Waals surface area contributed by atoms with Crippen molar-refractivity contribution in [2.24, 2.45) is 0 Å². The molecule has 124 valence electrons. The maximum Gasteiger partial charge on any atom is 0.221 e. The Bertz CT molecular complexity index is 675. The first-order chi connectivity index (χ1) is 10.9. The van der Waals surface area contributed by atoms with Crippen LogP contribution in [0.25, 0.3) is 0 Å². The first-order valence-electron chi connectivity index (χ1n) is 7.63. The van der Waals surface area contributed by atoms with Crippen molar-refractivity contribution in [2.45, 2.75) is 27.3 Å². The number of carbonyl (C=O) groups excluding carboxylic acids is 1. The fraction of sp³-hybridized carbons (Fsp3) is 0.353. The average Bonchev–Trinajstić information content (AvgIpc) is 2.82. The van der Waals surface area contributed by atoms with Gasteiger partial charge in [-0.2, -0.15) is 0 Å². The molecule has 6 heteroatoms. The second-order valence-electron chi connectivity index (χ2n) is 5.46. The van der Waals surface area contributed by atoms with Crippen LogP contribution >= 0.6 is 0 Å². The summed E-state index contributed by atoms with van der Waals surface area (Å²) < 4.78 is 1.45. The smallest absolute Gasteiger partial charge is 0.221 e. The van der Waals surface area contributed by atoms with Gasteiger partial charge in [-0.15, -0.1) is 0 Å². The summed E-state index contributed by atoms with van der Waals surface area (Å²) in [6.07, 6.45) is 0. The van der Waals surface area contributed by atoms with E-state index in [0.717, 1.165) is 23.5 Å². The Balaban J connectivity index is 2.16. The van der Waals surface area contributed by atoms with E-state index in [0.29, 0.717) is 13.1 Å². The Morgan fingerprint density at radius 2 is 1.87 bits per heavy atom. The van der Waals surface area contributed by atoms with Gasteiger partial charge in [-0.25, -0.2) is 0 Å². The SMILES string of the molecule is CCN(CCn1c(O)ccc1O)c1ccc(C)c(NC(C)=O)c1. The van der Waals surface area contributed by atoms with Gasteiger partial charge in [0.15, 0.2) is 11.8 Å². The van der Waals surface area contributed by atoms with Gasteiger partial charge in [-0.1, -0.05) is 6.07 Å². The second kappa shape index (κ2) is 7.09. The van der Waals surface area contributed by atoms with E-state index in [1.54, 1.807) is 0 Å². The van der Waals surface area contributed by atoms with Crippen molar-refractivity contribution in [3.8, 4) is 11.8 Å². The summed E-state index contributed by atoms with van der Waals surface area (Å²) in [4.78, 5) is 13.4. The highest BCUT2D eigenvalue weighted by Crippen LogP contribution is 2.25. The van der Waals surface area contributed by atoms with Crippen molar-refractivity contribution in [3.63, 3.8) is 0 Å². The van der Waals surface area contributed by atoms with Gasteiger partial charge >= 0.3 is 0 Å². The Labute approximate surface area is 136 Å². The van der Waals surface area contributed by atoms with Crippen molar-refractivity contribution in [1.82, 2.24) is 4.57 Å². The lowest BCUT2D eigenvalue weighted by Crippen LogP contribution is -2.27. The normalized spacial score (nSPS) is 10.6. The van der Waals surface area contributed by atoms with Gasteiger partial charge < -0.3 is 20.4 Å². The second-order valence-corrected chi connectivity index (χ2v) is 5.46. The first kappa shape index (κ1) is 16.7. The number of benzene rings is 1. The van der Waals surface area contributed by atoms with Crippen molar-refractivity contribution in [1.29, 1.82) is 0 Å². The van der Waals surface area contributed by atoms with Gasteiger partial charge in [0.1, 0.15) is 0 Å². The molecular formula is C17H23N3O3. The molecule has 0 saturated heterocycles. The van der Waals surface area contributed by atoms with E-state index < -0.39 is 0 Å². The Kier molecular flexibility index (Phi) is 5.16. The van der Waals surface area contributed by atoms with Crippen LogP contribution in [0.3, 0.4) is 0 Å². The molecule has 0 spiro atoms. The monoisotopic (exact) mass is 317 g/mol. The van der Waals surface area contributed by atoms with E-state index in [-0.39, 0.29) is 17.7 Å². The molecule has 6 nitrogen and oxygen atoms in total. The molecule has 2 aromatic rings. The standard InChI is InChI=1S/C17H23N3O3/c1-4-19(9-10-20-16(22)7-8-17(20)23)14-6-5-12(2)15(11-14)18-13(3)21/h5-8,11,22-23H,4,9-10H2,1-3H3,(H,18,21). The largest absolute Gasteiger partial charge is 0.494 e. The summed E-state index contributed by atoms with van der Waals surface area (Å²) in [5.41, 5.74) is 2.77. The van der Waals surface area contributed by atoms with Gasteiger partial charge in [0.2, 0.25) is 5.91 Å². The highest BCUT2D eigenvalue weighted by Gasteiger charge is 2.11. The third-order valence-electron chi connectivity index (χ3n) is 3.81. The average molecular weight is 317 g/mol. The van der Waals surface area contributed by atoms with E-state index in [4.69, 9.17) is 0 Å². The lowest BCUT2D eigenvalue weighted by atomic mass is 10.1. The zero-order valence-corrected chi connectivity index (χ0v) is 13.7. The zero-order valence-electron chi connectivity index (χ0n) is 13.7. The maximum atomic E-state index is 11.3. The first-order valence-corrected chi connectivity index (χ1v) is 7.63. The van der Waals surface area contributed by atoms with Crippen molar-refractivity contribution in [3.05, 3.63) is 35.9 Å². The summed E-state index contributed by atoms with van der Waals surface area (Å²) in [5, 5.41) is 22.2. The number of amides is 1. The number of aryl methyl sites for hydroxylation is 1. The molecule has 1 aromatic carbocycles. The van der Waals surface area contributed by atoms with Crippen LogP contribution in [0.2, 0.25) is 0 Å². The Morgan fingerprint density at radius 3 is 2.43 bits per heavy atom. The topological polar surface area (TPSA) is 77.7 Å². The molecule has 0 aliphatic rings. The molecule has 23 heavy (non-hydrogen) atoms. The Morgan fingerprint density at radius 1 is 1.22 bits per heavy atom. The molecule has 3 N–H and O–H groups in total. The third kappa shape index (κ3) is 3.97. The lowest BCUT2D eigenvalue weighted by Gasteiger charge is -2.25. The molecule has 0 radical (unpaired) electrons. The molecule has 0 fully saturated rings. The quantitative estimate of drug-likeness (QED) is 0.765. The van der Waals surface area contributed by atoms with Gasteiger partial charge in [-0.05, 0) is 31.5 Å². The van der Waals surface area contributed by atoms with Gasteiger partial charge in [0, 0.05) is 50.1 Å². The molecule has 0 saturated carbocycles. The number of nitrogens with one attached hydrogen (secondary N) is 1. The minimum Gasteiger partial charge on any atom is -0.494 e. The van der Waals surface area contributed by atoms with Crippen LogP contribution in [-0.2, 0) is 11.3 Å². The number of anilines is 2. The highest BCUT2D eigenvalue weighted by molar-refractivity contribution is 5.90. The summed E-state index contributed by atoms with van der Waals surface area (Å²) in [7, 11) is 0. The summed E-state index contributed by atoms with van der Waals surface area (Å²) in [5.74, 6) is -0.0155. The molecule has 1 aromatic heterocycles. The van der Waals surface area contributed by atoms with Gasteiger partial charge in [0.25, 0.3) is 0 Å². The number of hydrogen-bond donors (Lipinski definition) is 3.